The van der Waals surface area contributed by atoms with Gasteiger partial charge in [-0.25, -0.2) is 0 Å². The second-order valence-corrected chi connectivity index (χ2v) is 24.2. The molecule has 1 nitrogen and oxygen atoms in total. The summed E-state index contributed by atoms with van der Waals surface area (Å²) in [6.45, 7) is 4.34. The van der Waals surface area contributed by atoms with Gasteiger partial charge < -0.3 is 0 Å². The van der Waals surface area contributed by atoms with E-state index in [4.69, 9.17) is 4.74 Å². The van der Waals surface area contributed by atoms with Crippen LogP contribution in [0.25, 0.3) is 0 Å². The molecular weight excluding hydrogens is 411 g/mol. The van der Waals surface area contributed by atoms with Crippen LogP contribution in [0.5, 0.6) is 0 Å². The van der Waals surface area contributed by atoms with E-state index in [1.165, 1.54) is 28.2 Å². The summed E-state index contributed by atoms with van der Waals surface area (Å²) in [6, 6.07) is 8.59. The molecule has 1 aromatic carbocycles. The Morgan fingerprint density at radius 3 is 2.53 bits per heavy atom. The summed E-state index contributed by atoms with van der Waals surface area (Å²) < 4.78 is 6.88. The molecule has 0 aliphatic heterocycles. The molecule has 0 amide bonds. The zero-order chi connectivity index (χ0) is 12.9. The van der Waals surface area contributed by atoms with Crippen molar-refractivity contribution in [2.75, 3.05) is 7.11 Å². The van der Waals surface area contributed by atoms with Crippen molar-refractivity contribution in [3.63, 3.8) is 0 Å². The molecule has 0 spiro atoms. The number of methoxy groups -OCH3 is 1. The number of benzene rings is 1. The number of unbranched alkanes of at least 4 members (excludes halogenated alkanes) is 1. The molecule has 1 aromatic rings. The Hall–Kier alpha value is 0.659. The van der Waals surface area contributed by atoms with Gasteiger partial charge in [0, 0.05) is 0 Å². The standard InChI is InChI=1S/C13H20Br2OSe/c1-4-5-10-17(14,15)13-9-7-6-8-12(13)11(2)16-3/h6-9,11H,4-5,10H2,1-3H3/t11-/m1/s1. The zero-order valence-corrected chi connectivity index (χ0v) is 15.5. The van der Waals surface area contributed by atoms with Crippen molar-refractivity contribution in [2.24, 2.45) is 0 Å². The number of rotatable bonds is 6. The minimum atomic E-state index is -1.87. The third-order valence-corrected chi connectivity index (χ3v) is 13.6. The fraction of sp³-hybridized carbons (Fsp3) is 0.538. The zero-order valence-electron chi connectivity index (χ0n) is 10.6. The first-order valence-corrected chi connectivity index (χ1v) is 15.9. The summed E-state index contributed by atoms with van der Waals surface area (Å²) in [4.78, 5) is 0. The van der Waals surface area contributed by atoms with Crippen molar-refractivity contribution in [3.8, 4) is 0 Å². The average Bonchev–Trinajstić information content (AvgIpc) is 2.35. The van der Waals surface area contributed by atoms with E-state index in [0.29, 0.717) is 0 Å². The maximum atomic E-state index is 5.46. The van der Waals surface area contributed by atoms with Crippen molar-refractivity contribution in [1.82, 2.24) is 0 Å². The first-order chi connectivity index (χ1) is 8.03. The first kappa shape index (κ1) is 15.7. The van der Waals surface area contributed by atoms with Crippen LogP contribution in [-0.4, -0.2) is 16.3 Å². The summed E-state index contributed by atoms with van der Waals surface area (Å²) in [5, 5.41) is 1.22. The van der Waals surface area contributed by atoms with Crippen molar-refractivity contribution in [3.05, 3.63) is 29.8 Å². The van der Waals surface area contributed by atoms with E-state index in [0.717, 1.165) is 0 Å². The fourth-order valence-corrected chi connectivity index (χ4v) is 10.7. The van der Waals surface area contributed by atoms with Gasteiger partial charge in [0.1, 0.15) is 0 Å². The molecular formula is C13H20Br2OSe. The van der Waals surface area contributed by atoms with Crippen LogP contribution in [-0.2, 0) is 4.74 Å². The van der Waals surface area contributed by atoms with E-state index < -0.39 is 9.23 Å². The van der Waals surface area contributed by atoms with E-state index >= 15 is 0 Å². The summed E-state index contributed by atoms with van der Waals surface area (Å²) in [6.07, 6.45) is 2.64. The van der Waals surface area contributed by atoms with Crippen LogP contribution in [0.15, 0.2) is 24.3 Å². The molecule has 0 fully saturated rings. The van der Waals surface area contributed by atoms with Gasteiger partial charge in [0.15, 0.2) is 0 Å². The minimum absolute atomic E-state index is 0.152. The second kappa shape index (κ2) is 7.30. The molecule has 0 aliphatic rings. The van der Waals surface area contributed by atoms with Gasteiger partial charge >= 0.3 is 122 Å². The fourth-order valence-electron chi connectivity index (χ4n) is 1.65. The molecule has 98 valence electrons. The monoisotopic (exact) mass is 430 g/mol. The predicted octanol–water partition coefficient (Wildman–Crippen LogP) is 4.63. The molecule has 0 unspecified atom stereocenters. The molecule has 1 atom stereocenters. The van der Waals surface area contributed by atoms with Crippen LogP contribution >= 0.6 is 28.2 Å². The van der Waals surface area contributed by atoms with Crippen molar-refractivity contribution >= 4 is 41.9 Å². The van der Waals surface area contributed by atoms with Gasteiger partial charge in [0.05, 0.1) is 0 Å². The maximum absolute atomic E-state index is 5.46. The topological polar surface area (TPSA) is 9.23 Å². The number of ether oxygens (including phenoxy) is 1. The average molecular weight is 431 g/mol. The molecule has 1 rings (SSSR count). The number of hydrogen-bond donors (Lipinski definition) is 0. The van der Waals surface area contributed by atoms with Gasteiger partial charge in [-0.2, -0.15) is 0 Å². The molecule has 0 aromatic heterocycles. The van der Waals surface area contributed by atoms with Gasteiger partial charge in [-0.3, -0.25) is 0 Å². The number of halogens is 2. The summed E-state index contributed by atoms with van der Waals surface area (Å²) in [5.74, 6) is 0. The molecule has 4 heteroatoms. The molecule has 17 heavy (non-hydrogen) atoms. The molecule has 0 heterocycles. The van der Waals surface area contributed by atoms with E-state index in [9.17, 15) is 0 Å². The molecule has 0 bridgehead atoms. The molecule has 0 radical (unpaired) electrons. The molecule has 0 N–H and O–H groups in total. The van der Waals surface area contributed by atoms with Gasteiger partial charge in [-0.1, -0.05) is 0 Å². The van der Waals surface area contributed by atoms with Crippen molar-refractivity contribution < 1.29 is 4.74 Å². The van der Waals surface area contributed by atoms with Crippen molar-refractivity contribution in [2.45, 2.75) is 38.1 Å². The van der Waals surface area contributed by atoms with Crippen LogP contribution in [0, 0.1) is 0 Å². The second-order valence-electron chi connectivity index (χ2n) is 4.05. The Labute approximate surface area is 121 Å². The Morgan fingerprint density at radius 2 is 1.94 bits per heavy atom. The predicted molar refractivity (Wildman–Crippen MR) is 84.8 cm³/mol. The number of hydrogen-bond acceptors (Lipinski definition) is 1. The molecule has 0 saturated carbocycles. The van der Waals surface area contributed by atoms with Crippen LogP contribution < -0.4 is 4.46 Å². The Kier molecular flexibility index (Phi) is 6.75. The van der Waals surface area contributed by atoms with E-state index in [1.54, 1.807) is 7.11 Å². The van der Waals surface area contributed by atoms with E-state index in [-0.39, 0.29) is 6.10 Å². The van der Waals surface area contributed by atoms with Crippen LogP contribution in [0.2, 0.25) is 5.32 Å². The van der Waals surface area contributed by atoms with Gasteiger partial charge in [-0.15, -0.1) is 0 Å². The van der Waals surface area contributed by atoms with E-state index in [1.807, 2.05) is 0 Å². The Morgan fingerprint density at radius 1 is 1.29 bits per heavy atom. The Balaban J connectivity index is 3.03. The third kappa shape index (κ3) is 4.36. The third-order valence-electron chi connectivity index (χ3n) is 2.79. The SMILES string of the molecule is CCCC[Se](Br)(Br)c1ccccc1[C@@H](C)OC. The van der Waals surface area contributed by atoms with Crippen molar-refractivity contribution in [1.29, 1.82) is 0 Å². The Bertz CT molecular complexity index is 355. The van der Waals surface area contributed by atoms with Crippen LogP contribution in [0.4, 0.5) is 0 Å². The van der Waals surface area contributed by atoms with Crippen LogP contribution in [0.3, 0.4) is 0 Å². The van der Waals surface area contributed by atoms with Gasteiger partial charge in [0.2, 0.25) is 0 Å². The molecule has 0 aliphatic carbocycles. The van der Waals surface area contributed by atoms with Gasteiger partial charge in [0.25, 0.3) is 0 Å². The quantitative estimate of drug-likeness (QED) is 0.597. The van der Waals surface area contributed by atoms with E-state index in [2.05, 4.69) is 66.3 Å². The van der Waals surface area contributed by atoms with Gasteiger partial charge in [-0.05, 0) is 0 Å². The summed E-state index contributed by atoms with van der Waals surface area (Å²) in [7, 11) is -0.106. The first-order valence-electron chi connectivity index (χ1n) is 5.85. The molecule has 0 saturated heterocycles. The normalized spacial score (nSPS) is 14.6. The summed E-state index contributed by atoms with van der Waals surface area (Å²) >= 11 is 7.91. The summed E-state index contributed by atoms with van der Waals surface area (Å²) in [5.41, 5.74) is 1.31. The van der Waals surface area contributed by atoms with Crippen LogP contribution in [0.1, 0.15) is 38.4 Å².